The zero-order valence-corrected chi connectivity index (χ0v) is 6.30. The smallest absolute Gasteiger partial charge is 0.209 e. The van der Waals surface area contributed by atoms with Gasteiger partial charge in [0.15, 0.2) is 0 Å². The number of hydrogen-bond donors (Lipinski definition) is 0. The van der Waals surface area contributed by atoms with Gasteiger partial charge < -0.3 is 0 Å². The molecule has 0 atom stereocenters. The molecule has 0 aliphatic carbocycles. The van der Waals surface area contributed by atoms with Crippen LogP contribution in [0.25, 0.3) is 0 Å². The number of rotatable bonds is 3. The van der Waals surface area contributed by atoms with Gasteiger partial charge in [-0.25, -0.2) is 4.68 Å². The van der Waals surface area contributed by atoms with Gasteiger partial charge >= 0.3 is 6.55 Å². The highest BCUT2D eigenvalue weighted by Crippen LogP contribution is 2.12. The number of nitrogens with zero attached hydrogens (tertiary/aromatic N) is 2. The average Bonchev–Trinajstić information content (AvgIpc) is 2.36. The molecule has 0 saturated carbocycles. The molecule has 1 aromatic rings. The van der Waals surface area contributed by atoms with Crippen LogP contribution in [0.5, 0.6) is 0 Å². The van der Waals surface area contributed by atoms with E-state index in [-0.39, 0.29) is 0 Å². The van der Waals surface area contributed by atoms with Gasteiger partial charge in [0.05, 0.1) is 0 Å². The summed E-state index contributed by atoms with van der Waals surface area (Å²) in [7, 11) is 0. The third-order valence-corrected chi connectivity index (χ3v) is 1.44. The van der Waals surface area contributed by atoms with Crippen molar-refractivity contribution in [2.24, 2.45) is 0 Å². The third kappa shape index (κ3) is 1.76. The Bertz CT molecular complexity index is 220. The Morgan fingerprint density at radius 3 is 2.91 bits per heavy atom. The molecule has 11 heavy (non-hydrogen) atoms. The second-order valence-corrected chi connectivity index (χ2v) is 2.29. The highest BCUT2D eigenvalue weighted by atomic mass is 19.3. The molecule has 0 radical (unpaired) electrons. The molecule has 1 rings (SSSR count). The number of aromatic nitrogens is 2. The van der Waals surface area contributed by atoms with Crippen LogP contribution < -0.4 is 0 Å². The zero-order chi connectivity index (χ0) is 8.27. The van der Waals surface area contributed by atoms with E-state index >= 15 is 0 Å². The summed E-state index contributed by atoms with van der Waals surface area (Å²) in [5, 5.41) is 3.50. The summed E-state index contributed by atoms with van der Waals surface area (Å²) in [6.45, 7) is -0.561. The Hall–Kier alpha value is -0.930. The maximum absolute atomic E-state index is 12.1. The third-order valence-electron chi connectivity index (χ3n) is 1.44. The highest BCUT2D eigenvalue weighted by molar-refractivity contribution is 5.00. The van der Waals surface area contributed by atoms with E-state index in [1.807, 2.05) is 6.92 Å². The molecule has 62 valence electrons. The predicted octanol–water partition coefficient (Wildman–Crippen LogP) is 2.23. The molecule has 0 aromatic carbocycles. The Morgan fingerprint density at radius 2 is 2.36 bits per heavy atom. The predicted molar refractivity (Wildman–Crippen MR) is 37.5 cm³/mol. The van der Waals surface area contributed by atoms with Gasteiger partial charge in [-0.3, -0.25) is 0 Å². The summed E-state index contributed by atoms with van der Waals surface area (Å²) < 4.78 is 24.9. The van der Waals surface area contributed by atoms with Crippen LogP contribution in [0.1, 0.15) is 25.6 Å². The quantitative estimate of drug-likeness (QED) is 0.663. The summed E-state index contributed by atoms with van der Waals surface area (Å²) in [4.78, 5) is 0. The standard InChI is InChI=1S/C7H10F2N2/c1-2-3-6-4-5-10-11(6)7(8)9/h4-5,7H,2-3H2,1H3. The Morgan fingerprint density at radius 1 is 1.64 bits per heavy atom. The minimum atomic E-state index is -2.51. The fraction of sp³-hybridized carbons (Fsp3) is 0.571. The van der Waals surface area contributed by atoms with Crippen LogP contribution in [0.3, 0.4) is 0 Å². The van der Waals surface area contributed by atoms with E-state index in [9.17, 15) is 8.78 Å². The summed E-state index contributed by atoms with van der Waals surface area (Å²) >= 11 is 0. The molecule has 0 aliphatic rings. The lowest BCUT2D eigenvalue weighted by Crippen LogP contribution is -2.04. The van der Waals surface area contributed by atoms with Gasteiger partial charge in [0, 0.05) is 11.9 Å². The average molecular weight is 160 g/mol. The van der Waals surface area contributed by atoms with Gasteiger partial charge in [-0.2, -0.15) is 13.9 Å². The van der Waals surface area contributed by atoms with Crippen LogP contribution in [0, 0.1) is 0 Å². The zero-order valence-electron chi connectivity index (χ0n) is 6.30. The molecule has 0 N–H and O–H groups in total. The second-order valence-electron chi connectivity index (χ2n) is 2.29. The van der Waals surface area contributed by atoms with Crippen molar-refractivity contribution in [2.75, 3.05) is 0 Å². The summed E-state index contributed by atoms with van der Waals surface area (Å²) in [5.41, 5.74) is 0.600. The van der Waals surface area contributed by atoms with E-state index in [1.165, 1.54) is 6.20 Å². The van der Waals surface area contributed by atoms with E-state index in [0.29, 0.717) is 12.1 Å². The Labute approximate surface area is 63.8 Å². The minimum Gasteiger partial charge on any atom is -0.209 e. The molecule has 0 spiro atoms. The normalized spacial score (nSPS) is 10.9. The second kappa shape index (κ2) is 3.46. The van der Waals surface area contributed by atoms with Crippen molar-refractivity contribution in [2.45, 2.75) is 26.3 Å². The van der Waals surface area contributed by atoms with Gasteiger partial charge in [-0.15, -0.1) is 0 Å². The van der Waals surface area contributed by atoms with E-state index in [2.05, 4.69) is 5.10 Å². The van der Waals surface area contributed by atoms with Gasteiger partial charge in [0.25, 0.3) is 0 Å². The van der Waals surface area contributed by atoms with Crippen LogP contribution >= 0.6 is 0 Å². The van der Waals surface area contributed by atoms with Crippen molar-refractivity contribution in [1.29, 1.82) is 0 Å². The van der Waals surface area contributed by atoms with E-state index < -0.39 is 6.55 Å². The van der Waals surface area contributed by atoms with Crippen LogP contribution in [0.15, 0.2) is 12.3 Å². The molecular formula is C7H10F2N2. The fourth-order valence-electron chi connectivity index (χ4n) is 0.971. The lowest BCUT2D eigenvalue weighted by molar-refractivity contribution is 0.0534. The van der Waals surface area contributed by atoms with Crippen LogP contribution in [-0.2, 0) is 6.42 Å². The maximum Gasteiger partial charge on any atom is 0.333 e. The molecule has 0 saturated heterocycles. The van der Waals surface area contributed by atoms with Gasteiger partial charge in [-0.1, -0.05) is 13.3 Å². The molecular weight excluding hydrogens is 150 g/mol. The highest BCUT2D eigenvalue weighted by Gasteiger charge is 2.09. The van der Waals surface area contributed by atoms with Gasteiger partial charge in [0.2, 0.25) is 0 Å². The van der Waals surface area contributed by atoms with E-state index in [0.717, 1.165) is 11.1 Å². The van der Waals surface area contributed by atoms with Crippen LogP contribution in [0.2, 0.25) is 0 Å². The number of halogens is 2. The minimum absolute atomic E-state index is 0.600. The topological polar surface area (TPSA) is 17.8 Å². The van der Waals surface area contributed by atoms with Crippen molar-refractivity contribution in [3.63, 3.8) is 0 Å². The number of alkyl halides is 2. The largest absolute Gasteiger partial charge is 0.333 e. The molecule has 0 unspecified atom stereocenters. The van der Waals surface area contributed by atoms with Crippen LogP contribution in [-0.4, -0.2) is 9.78 Å². The Kier molecular flexibility index (Phi) is 2.57. The maximum atomic E-state index is 12.1. The van der Waals surface area contributed by atoms with Crippen LogP contribution in [0.4, 0.5) is 8.78 Å². The first-order valence-electron chi connectivity index (χ1n) is 3.56. The molecule has 2 nitrogen and oxygen atoms in total. The summed E-state index contributed by atoms with van der Waals surface area (Å²) in [6.07, 6.45) is 2.92. The Balaban J connectivity index is 2.78. The first-order chi connectivity index (χ1) is 5.25. The molecule has 1 heterocycles. The SMILES string of the molecule is CCCc1ccnn1C(F)F. The van der Waals surface area contributed by atoms with E-state index in [1.54, 1.807) is 6.07 Å². The first kappa shape index (κ1) is 8.17. The molecule has 0 fully saturated rings. The molecule has 4 heteroatoms. The van der Waals surface area contributed by atoms with E-state index in [4.69, 9.17) is 0 Å². The molecule has 0 bridgehead atoms. The van der Waals surface area contributed by atoms with Gasteiger partial charge in [0.1, 0.15) is 0 Å². The summed E-state index contributed by atoms with van der Waals surface area (Å²) in [5.74, 6) is 0. The number of aryl methyl sites for hydroxylation is 1. The molecule has 1 aromatic heterocycles. The molecule has 0 amide bonds. The lowest BCUT2D eigenvalue weighted by atomic mass is 10.2. The monoisotopic (exact) mass is 160 g/mol. The lowest BCUT2D eigenvalue weighted by Gasteiger charge is -2.03. The van der Waals surface area contributed by atoms with Crippen molar-refractivity contribution in [3.05, 3.63) is 18.0 Å². The summed E-state index contributed by atoms with van der Waals surface area (Å²) in [6, 6.07) is 1.62. The van der Waals surface area contributed by atoms with Crippen molar-refractivity contribution < 1.29 is 8.78 Å². The van der Waals surface area contributed by atoms with Gasteiger partial charge in [-0.05, 0) is 12.5 Å². The molecule has 0 aliphatic heterocycles. The van der Waals surface area contributed by atoms with Crippen molar-refractivity contribution >= 4 is 0 Å². The van der Waals surface area contributed by atoms with Crippen molar-refractivity contribution in [1.82, 2.24) is 9.78 Å². The number of hydrogen-bond acceptors (Lipinski definition) is 1. The first-order valence-corrected chi connectivity index (χ1v) is 3.56. The fourth-order valence-corrected chi connectivity index (χ4v) is 0.971. The van der Waals surface area contributed by atoms with Crippen molar-refractivity contribution in [3.8, 4) is 0 Å².